The molecule has 54 valence electrons. The molecular weight excluding hydrogens is 132 g/mol. The number of rotatable bonds is 2. The van der Waals surface area contributed by atoms with E-state index in [1.807, 2.05) is 0 Å². The number of carbonyl (C=O) groups excluding carboxylic acids is 1. The zero-order valence-corrected chi connectivity index (χ0v) is 5.63. The molecule has 4 heteroatoms. The van der Waals surface area contributed by atoms with E-state index >= 15 is 0 Å². The summed E-state index contributed by atoms with van der Waals surface area (Å²) >= 11 is 0. The minimum Gasteiger partial charge on any atom is -0.463 e. The Kier molecular flexibility index (Phi) is 3.73. The van der Waals surface area contributed by atoms with Crippen LogP contribution in [-0.2, 0) is 9.53 Å². The molecule has 0 saturated carbocycles. The van der Waals surface area contributed by atoms with Crippen LogP contribution in [0.2, 0.25) is 0 Å². The quantitative estimate of drug-likeness (QED) is 0.330. The smallest absolute Gasteiger partial charge is 0.333 e. The molecule has 10 heavy (non-hydrogen) atoms. The Balaban J connectivity index is 3.90. The van der Waals surface area contributed by atoms with E-state index < -0.39 is 5.97 Å². The number of allylic oxidation sites excluding steroid dienone is 1. The van der Waals surface area contributed by atoms with Crippen LogP contribution < -0.4 is 5.73 Å². The molecule has 0 amide bonds. The lowest BCUT2D eigenvalue weighted by atomic mass is 10.4. The summed E-state index contributed by atoms with van der Waals surface area (Å²) in [6.07, 6.45) is 0.948. The summed E-state index contributed by atoms with van der Waals surface area (Å²) in [6.45, 7) is 1.96. The zero-order valence-electron chi connectivity index (χ0n) is 5.63. The molecule has 0 saturated heterocycles. The fourth-order valence-electron chi connectivity index (χ4n) is 0.343. The van der Waals surface area contributed by atoms with Crippen LogP contribution in [0, 0.1) is 11.3 Å². The van der Waals surface area contributed by atoms with Gasteiger partial charge in [0.2, 0.25) is 0 Å². The van der Waals surface area contributed by atoms with Gasteiger partial charge in [0.1, 0.15) is 11.8 Å². The number of carbonyl (C=O) groups is 1. The minimum atomic E-state index is -0.582. The number of hydrogen-bond donors (Lipinski definition) is 1. The van der Waals surface area contributed by atoms with Crippen LogP contribution in [0.15, 0.2) is 11.8 Å². The lowest BCUT2D eigenvalue weighted by Gasteiger charge is -1.93. The highest BCUT2D eigenvalue weighted by Crippen LogP contribution is 1.83. The Bertz CT molecular complexity index is 190. The van der Waals surface area contributed by atoms with Gasteiger partial charge >= 0.3 is 5.97 Å². The van der Waals surface area contributed by atoms with Crippen LogP contribution in [0.5, 0.6) is 0 Å². The SMILES string of the molecule is CCOC(=O)/C=C(/N)C#N. The molecule has 0 aliphatic carbocycles. The maximum Gasteiger partial charge on any atom is 0.333 e. The van der Waals surface area contributed by atoms with E-state index in [0.29, 0.717) is 0 Å². The molecule has 0 fully saturated rings. The van der Waals surface area contributed by atoms with E-state index in [1.54, 1.807) is 13.0 Å². The Hall–Kier alpha value is -1.50. The first kappa shape index (κ1) is 8.50. The second-order valence-corrected chi connectivity index (χ2v) is 1.46. The molecule has 0 heterocycles. The van der Waals surface area contributed by atoms with Crippen molar-refractivity contribution in [2.45, 2.75) is 6.92 Å². The van der Waals surface area contributed by atoms with Gasteiger partial charge in [-0.15, -0.1) is 0 Å². The van der Waals surface area contributed by atoms with Crippen LogP contribution in [0.25, 0.3) is 0 Å². The molecule has 0 aromatic carbocycles. The number of nitriles is 1. The maximum absolute atomic E-state index is 10.5. The van der Waals surface area contributed by atoms with Gasteiger partial charge in [0.25, 0.3) is 0 Å². The molecule has 0 unspecified atom stereocenters. The van der Waals surface area contributed by atoms with Crippen molar-refractivity contribution in [2.75, 3.05) is 6.61 Å². The first-order valence-corrected chi connectivity index (χ1v) is 2.74. The van der Waals surface area contributed by atoms with E-state index in [-0.39, 0.29) is 12.3 Å². The average molecular weight is 140 g/mol. The van der Waals surface area contributed by atoms with Gasteiger partial charge in [-0.3, -0.25) is 0 Å². The Morgan fingerprint density at radius 2 is 2.50 bits per heavy atom. The summed E-state index contributed by atoms with van der Waals surface area (Å²) in [5.41, 5.74) is 4.86. The molecule has 0 rings (SSSR count). The Morgan fingerprint density at radius 1 is 1.90 bits per heavy atom. The van der Waals surface area contributed by atoms with E-state index in [4.69, 9.17) is 11.0 Å². The normalized spacial score (nSPS) is 10.2. The molecular formula is C6H8N2O2. The molecule has 2 N–H and O–H groups in total. The number of ether oxygens (including phenoxy) is 1. The van der Waals surface area contributed by atoms with Crippen molar-refractivity contribution >= 4 is 5.97 Å². The maximum atomic E-state index is 10.5. The second kappa shape index (κ2) is 4.39. The zero-order chi connectivity index (χ0) is 7.98. The number of nitrogens with two attached hydrogens (primary N) is 1. The predicted octanol–water partition coefficient (Wildman–Crippen LogP) is -0.0843. The second-order valence-electron chi connectivity index (χ2n) is 1.46. The predicted molar refractivity (Wildman–Crippen MR) is 34.5 cm³/mol. The number of nitrogens with zero attached hydrogens (tertiary/aromatic N) is 1. The van der Waals surface area contributed by atoms with Crippen molar-refractivity contribution in [1.29, 1.82) is 5.26 Å². The van der Waals surface area contributed by atoms with Gasteiger partial charge in [-0.1, -0.05) is 0 Å². The van der Waals surface area contributed by atoms with E-state index in [1.165, 1.54) is 0 Å². The monoisotopic (exact) mass is 140 g/mol. The highest BCUT2D eigenvalue weighted by molar-refractivity contribution is 5.83. The minimum absolute atomic E-state index is 0.140. The average Bonchev–Trinajstić information content (AvgIpc) is 1.88. The summed E-state index contributed by atoms with van der Waals surface area (Å²) in [4.78, 5) is 10.5. The fraction of sp³-hybridized carbons (Fsp3) is 0.333. The molecule has 0 radical (unpaired) electrons. The van der Waals surface area contributed by atoms with Crippen LogP contribution >= 0.6 is 0 Å². The van der Waals surface area contributed by atoms with Crippen molar-refractivity contribution in [2.24, 2.45) is 5.73 Å². The van der Waals surface area contributed by atoms with Gasteiger partial charge in [-0.2, -0.15) is 5.26 Å². The molecule has 0 spiro atoms. The van der Waals surface area contributed by atoms with Crippen molar-refractivity contribution in [3.05, 3.63) is 11.8 Å². The standard InChI is InChI=1S/C6H8N2O2/c1-2-10-6(9)3-5(8)4-7/h3H,2,8H2,1H3/b5-3+. The molecule has 0 aliphatic heterocycles. The van der Waals surface area contributed by atoms with E-state index in [0.717, 1.165) is 6.08 Å². The van der Waals surface area contributed by atoms with Crippen LogP contribution in [0.1, 0.15) is 6.92 Å². The van der Waals surface area contributed by atoms with Gasteiger partial charge in [-0.05, 0) is 6.92 Å². The number of hydrogen-bond acceptors (Lipinski definition) is 4. The first-order chi connectivity index (χ1) is 4.70. The van der Waals surface area contributed by atoms with Gasteiger partial charge in [0, 0.05) is 0 Å². The summed E-state index contributed by atoms with van der Waals surface area (Å²) in [6, 6.07) is 1.59. The fourth-order valence-corrected chi connectivity index (χ4v) is 0.343. The highest BCUT2D eigenvalue weighted by Gasteiger charge is 1.95. The van der Waals surface area contributed by atoms with Crippen LogP contribution in [-0.4, -0.2) is 12.6 Å². The van der Waals surface area contributed by atoms with Gasteiger partial charge in [0.05, 0.1) is 12.7 Å². The third kappa shape index (κ3) is 3.50. The molecule has 4 nitrogen and oxygen atoms in total. The lowest BCUT2D eigenvalue weighted by molar-refractivity contribution is -0.137. The first-order valence-electron chi connectivity index (χ1n) is 2.74. The third-order valence-electron chi connectivity index (χ3n) is 0.689. The summed E-state index contributed by atoms with van der Waals surface area (Å²) in [5.74, 6) is -0.582. The van der Waals surface area contributed by atoms with Crippen molar-refractivity contribution in [3.63, 3.8) is 0 Å². The van der Waals surface area contributed by atoms with Gasteiger partial charge < -0.3 is 10.5 Å². The molecule has 0 aromatic heterocycles. The molecule has 0 bridgehead atoms. The number of esters is 1. The Morgan fingerprint density at radius 3 is 2.90 bits per heavy atom. The van der Waals surface area contributed by atoms with Gasteiger partial charge in [-0.25, -0.2) is 4.79 Å². The summed E-state index contributed by atoms with van der Waals surface area (Å²) in [7, 11) is 0. The van der Waals surface area contributed by atoms with Crippen LogP contribution in [0.3, 0.4) is 0 Å². The van der Waals surface area contributed by atoms with Crippen molar-refractivity contribution in [1.82, 2.24) is 0 Å². The van der Waals surface area contributed by atoms with Crippen molar-refractivity contribution < 1.29 is 9.53 Å². The third-order valence-corrected chi connectivity index (χ3v) is 0.689. The summed E-state index contributed by atoms with van der Waals surface area (Å²) < 4.78 is 4.47. The van der Waals surface area contributed by atoms with Gasteiger partial charge in [0.15, 0.2) is 0 Å². The van der Waals surface area contributed by atoms with Crippen LogP contribution in [0.4, 0.5) is 0 Å². The summed E-state index contributed by atoms with van der Waals surface area (Å²) in [5, 5.41) is 8.10. The van der Waals surface area contributed by atoms with Crippen molar-refractivity contribution in [3.8, 4) is 6.07 Å². The lowest BCUT2D eigenvalue weighted by Crippen LogP contribution is -2.04. The topological polar surface area (TPSA) is 76.1 Å². The van der Waals surface area contributed by atoms with E-state index in [2.05, 4.69) is 4.74 Å². The van der Waals surface area contributed by atoms with E-state index in [9.17, 15) is 4.79 Å². The highest BCUT2D eigenvalue weighted by atomic mass is 16.5. The molecule has 0 aliphatic rings. The Labute approximate surface area is 58.9 Å². The largest absolute Gasteiger partial charge is 0.463 e. The molecule has 0 aromatic rings. The molecule has 0 atom stereocenters.